The zero-order chi connectivity index (χ0) is 25.5. The number of carbonyl (C=O) groups is 4. The maximum absolute atomic E-state index is 13.4. The molecule has 0 aliphatic carbocycles. The van der Waals surface area contributed by atoms with Gasteiger partial charge in [-0.15, -0.1) is 0 Å². The average molecular weight is 487 g/mol. The number of fused-ring (bicyclic) bond motifs is 1. The van der Waals surface area contributed by atoms with Crippen LogP contribution in [0.5, 0.6) is 5.75 Å². The molecule has 3 rings (SSSR count). The van der Waals surface area contributed by atoms with Gasteiger partial charge in [-0.05, 0) is 25.5 Å². The molecule has 1 N–H and O–H groups in total. The van der Waals surface area contributed by atoms with E-state index in [1.165, 1.54) is 30.0 Å². The lowest BCUT2D eigenvalue weighted by Gasteiger charge is -2.37. The minimum Gasteiger partial charge on any atom is -0.496 e. The maximum Gasteiger partial charge on any atom is 0.409 e. The number of likely N-dealkylation sites (N-methyl/N-ethyl adjacent to an activating group) is 1. The highest BCUT2D eigenvalue weighted by molar-refractivity contribution is 5.99. The van der Waals surface area contributed by atoms with Gasteiger partial charge >= 0.3 is 12.1 Å². The summed E-state index contributed by atoms with van der Waals surface area (Å²) in [7, 11) is 2.96. The second kappa shape index (κ2) is 11.5. The van der Waals surface area contributed by atoms with E-state index in [0.29, 0.717) is 11.3 Å². The lowest BCUT2D eigenvalue weighted by molar-refractivity contribution is -0.140. The maximum atomic E-state index is 13.4. The van der Waals surface area contributed by atoms with Crippen LogP contribution in [0.15, 0.2) is 30.3 Å². The Balaban J connectivity index is 1.81. The van der Waals surface area contributed by atoms with Crippen LogP contribution in [0.1, 0.15) is 30.3 Å². The SMILES string of the molecule is CCOC(=O)N1CCN(C(=O)C(CCC(=O)O)N(C)C(=O)c2cc(OC)c3ccccc3n2)CC1. The number of rotatable bonds is 8. The number of amides is 3. The molecule has 0 radical (unpaired) electrons. The fourth-order valence-corrected chi connectivity index (χ4v) is 4.02. The summed E-state index contributed by atoms with van der Waals surface area (Å²) in [6, 6.07) is 7.72. The van der Waals surface area contributed by atoms with E-state index in [0.717, 1.165) is 5.39 Å². The molecule has 3 amide bonds. The monoisotopic (exact) mass is 486 g/mol. The molecule has 11 nitrogen and oxygen atoms in total. The van der Waals surface area contributed by atoms with E-state index in [1.54, 1.807) is 24.0 Å². The third-order valence-corrected chi connectivity index (χ3v) is 5.94. The number of carbonyl (C=O) groups excluding carboxylic acids is 3. The van der Waals surface area contributed by atoms with Gasteiger partial charge in [-0.3, -0.25) is 14.4 Å². The first-order valence-corrected chi connectivity index (χ1v) is 11.4. The van der Waals surface area contributed by atoms with Gasteiger partial charge in [0.1, 0.15) is 17.5 Å². The quantitative estimate of drug-likeness (QED) is 0.598. The van der Waals surface area contributed by atoms with Crippen molar-refractivity contribution in [2.24, 2.45) is 0 Å². The van der Waals surface area contributed by atoms with Crippen LogP contribution in [-0.4, -0.2) is 102 Å². The first-order chi connectivity index (χ1) is 16.8. The smallest absolute Gasteiger partial charge is 0.409 e. The number of nitrogens with zero attached hydrogens (tertiary/aromatic N) is 4. The minimum atomic E-state index is -1.07. The second-order valence-electron chi connectivity index (χ2n) is 8.10. The van der Waals surface area contributed by atoms with Crippen molar-refractivity contribution in [3.63, 3.8) is 0 Å². The van der Waals surface area contributed by atoms with Crippen LogP contribution in [0.25, 0.3) is 10.9 Å². The number of hydrogen-bond donors (Lipinski definition) is 1. The largest absolute Gasteiger partial charge is 0.496 e. The van der Waals surface area contributed by atoms with Gasteiger partial charge in [-0.25, -0.2) is 9.78 Å². The van der Waals surface area contributed by atoms with Crippen molar-refractivity contribution in [1.29, 1.82) is 0 Å². The van der Waals surface area contributed by atoms with Gasteiger partial charge in [0.2, 0.25) is 5.91 Å². The molecular formula is C24H30N4O7. The summed E-state index contributed by atoms with van der Waals surface area (Å²) in [5, 5.41) is 9.95. The molecule has 1 aromatic carbocycles. The Morgan fingerprint density at radius 1 is 1.11 bits per heavy atom. The van der Waals surface area contributed by atoms with Crippen LogP contribution in [0.2, 0.25) is 0 Å². The predicted molar refractivity (Wildman–Crippen MR) is 126 cm³/mol. The van der Waals surface area contributed by atoms with Crippen LogP contribution in [0.3, 0.4) is 0 Å². The molecule has 1 fully saturated rings. The van der Waals surface area contributed by atoms with Gasteiger partial charge in [0.25, 0.3) is 5.91 Å². The molecule has 0 bridgehead atoms. The Morgan fingerprint density at radius 2 is 1.77 bits per heavy atom. The highest BCUT2D eigenvalue weighted by Gasteiger charge is 2.34. The number of piperazine rings is 1. The highest BCUT2D eigenvalue weighted by Crippen LogP contribution is 2.26. The van der Waals surface area contributed by atoms with Crippen LogP contribution in [0, 0.1) is 0 Å². The van der Waals surface area contributed by atoms with Gasteiger partial charge in [0.05, 0.1) is 19.2 Å². The van der Waals surface area contributed by atoms with Crippen molar-refractivity contribution in [3.8, 4) is 5.75 Å². The van der Waals surface area contributed by atoms with Crippen LogP contribution < -0.4 is 4.74 Å². The van der Waals surface area contributed by atoms with Gasteiger partial charge < -0.3 is 29.3 Å². The normalized spacial score (nSPS) is 14.4. The number of hydrogen-bond acceptors (Lipinski definition) is 7. The summed E-state index contributed by atoms with van der Waals surface area (Å²) in [5.74, 6) is -1.50. The zero-order valence-corrected chi connectivity index (χ0v) is 20.1. The molecule has 35 heavy (non-hydrogen) atoms. The zero-order valence-electron chi connectivity index (χ0n) is 20.1. The Bertz CT molecular complexity index is 1100. The number of pyridine rings is 1. The first kappa shape index (κ1) is 25.7. The number of aromatic nitrogens is 1. The third-order valence-electron chi connectivity index (χ3n) is 5.94. The molecule has 1 atom stereocenters. The second-order valence-corrected chi connectivity index (χ2v) is 8.10. The highest BCUT2D eigenvalue weighted by atomic mass is 16.6. The van der Waals surface area contributed by atoms with E-state index >= 15 is 0 Å². The Labute approximate surface area is 203 Å². The van der Waals surface area contributed by atoms with E-state index in [4.69, 9.17) is 9.47 Å². The van der Waals surface area contributed by atoms with E-state index in [9.17, 15) is 24.3 Å². The molecule has 1 saturated heterocycles. The molecule has 1 unspecified atom stereocenters. The lowest BCUT2D eigenvalue weighted by atomic mass is 10.1. The topological polar surface area (TPSA) is 130 Å². The Hall–Kier alpha value is -3.89. The van der Waals surface area contributed by atoms with Crippen molar-refractivity contribution in [3.05, 3.63) is 36.0 Å². The van der Waals surface area contributed by atoms with Crippen LogP contribution in [0.4, 0.5) is 4.79 Å². The molecule has 188 valence electrons. The average Bonchev–Trinajstić information content (AvgIpc) is 2.87. The molecule has 1 aliphatic rings. The van der Waals surface area contributed by atoms with Gasteiger partial charge in [0, 0.05) is 51.1 Å². The van der Waals surface area contributed by atoms with Crippen molar-refractivity contribution in [2.75, 3.05) is 46.9 Å². The Kier molecular flexibility index (Phi) is 8.45. The van der Waals surface area contributed by atoms with Crippen molar-refractivity contribution >= 4 is 34.8 Å². The molecule has 11 heteroatoms. The van der Waals surface area contributed by atoms with Crippen molar-refractivity contribution in [1.82, 2.24) is 19.7 Å². The summed E-state index contributed by atoms with van der Waals surface area (Å²) in [6.07, 6.45) is -0.782. The Morgan fingerprint density at radius 3 is 2.40 bits per heavy atom. The van der Waals surface area contributed by atoms with Gasteiger partial charge in [-0.1, -0.05) is 12.1 Å². The minimum absolute atomic E-state index is 0.0563. The summed E-state index contributed by atoms with van der Waals surface area (Å²) >= 11 is 0. The number of carboxylic acids is 1. The number of ether oxygens (including phenoxy) is 2. The van der Waals surface area contributed by atoms with Gasteiger partial charge in [-0.2, -0.15) is 0 Å². The summed E-state index contributed by atoms with van der Waals surface area (Å²) in [5.41, 5.74) is 0.649. The predicted octanol–water partition coefficient (Wildman–Crippen LogP) is 1.85. The molecule has 2 aromatic rings. The number of methoxy groups -OCH3 is 1. The van der Waals surface area contributed by atoms with Crippen molar-refractivity contribution < 1.29 is 33.8 Å². The first-order valence-electron chi connectivity index (χ1n) is 11.4. The van der Waals surface area contributed by atoms with Crippen LogP contribution >= 0.6 is 0 Å². The van der Waals surface area contributed by atoms with Crippen molar-refractivity contribution in [2.45, 2.75) is 25.8 Å². The molecule has 1 aliphatic heterocycles. The van der Waals surface area contributed by atoms with E-state index < -0.39 is 24.0 Å². The van der Waals surface area contributed by atoms with Gasteiger partial charge in [0.15, 0.2) is 0 Å². The molecule has 2 heterocycles. The fraction of sp³-hybridized carbons (Fsp3) is 0.458. The molecule has 1 aromatic heterocycles. The standard InChI is InChI=1S/C24H30N4O7/c1-4-35-24(33)28-13-11-27(12-14-28)23(32)19(9-10-21(29)30)26(2)22(31)18-15-20(34-3)16-7-5-6-8-17(16)25-18/h5-8,15,19H,4,9-14H2,1-3H3,(H,29,30). The summed E-state index contributed by atoms with van der Waals surface area (Å²) in [6.45, 7) is 3.07. The third kappa shape index (κ3) is 5.97. The molecule has 0 spiro atoms. The number of aliphatic carboxylic acids is 1. The van der Waals surface area contributed by atoms with E-state index in [1.807, 2.05) is 12.1 Å². The fourth-order valence-electron chi connectivity index (χ4n) is 4.02. The number of para-hydroxylation sites is 1. The van der Waals surface area contributed by atoms with E-state index in [2.05, 4.69) is 4.98 Å². The number of carboxylic acid groups (broad SMARTS) is 1. The number of benzene rings is 1. The summed E-state index contributed by atoms with van der Waals surface area (Å²) < 4.78 is 10.4. The lowest BCUT2D eigenvalue weighted by Crippen LogP contribution is -2.56. The summed E-state index contributed by atoms with van der Waals surface area (Å²) in [4.78, 5) is 58.7. The van der Waals surface area contributed by atoms with Crippen LogP contribution in [-0.2, 0) is 14.3 Å². The molecular weight excluding hydrogens is 456 g/mol. The van der Waals surface area contributed by atoms with E-state index in [-0.39, 0.29) is 57.2 Å². The molecule has 0 saturated carbocycles.